The molecular weight excluding hydrogens is 366 g/mol. The third-order valence-corrected chi connectivity index (χ3v) is 4.75. The van der Waals surface area contributed by atoms with Crippen molar-refractivity contribution >= 4 is 28.4 Å². The van der Waals surface area contributed by atoms with Crippen LogP contribution in [0.25, 0.3) is 10.9 Å². The number of nitrogens with one attached hydrogen (secondary N) is 1. The van der Waals surface area contributed by atoms with Gasteiger partial charge < -0.3 is 15.0 Å². The average Bonchev–Trinajstić information content (AvgIpc) is 2.74. The van der Waals surface area contributed by atoms with Crippen molar-refractivity contribution in [1.82, 2.24) is 10.3 Å². The summed E-state index contributed by atoms with van der Waals surface area (Å²) in [7, 11) is 1.63. The highest BCUT2D eigenvalue weighted by molar-refractivity contribution is 6.01. The first-order chi connectivity index (χ1) is 14.1. The van der Waals surface area contributed by atoms with Crippen molar-refractivity contribution in [2.75, 3.05) is 25.1 Å². The van der Waals surface area contributed by atoms with Crippen LogP contribution in [0.3, 0.4) is 0 Å². The van der Waals surface area contributed by atoms with Crippen LogP contribution >= 0.6 is 0 Å². The van der Waals surface area contributed by atoms with Crippen molar-refractivity contribution in [2.45, 2.75) is 19.8 Å². The van der Waals surface area contributed by atoms with Crippen molar-refractivity contribution < 1.29 is 14.3 Å². The number of fused-ring (bicyclic) bond motifs is 1. The Morgan fingerprint density at radius 3 is 2.66 bits per heavy atom. The molecule has 2 amide bonds. The van der Waals surface area contributed by atoms with E-state index in [0.717, 1.165) is 27.9 Å². The Morgan fingerprint density at radius 1 is 1.07 bits per heavy atom. The number of hydrogen-bond acceptors (Lipinski definition) is 4. The van der Waals surface area contributed by atoms with E-state index in [2.05, 4.69) is 10.3 Å². The predicted molar refractivity (Wildman–Crippen MR) is 114 cm³/mol. The Morgan fingerprint density at radius 2 is 1.86 bits per heavy atom. The minimum atomic E-state index is -0.120. The van der Waals surface area contributed by atoms with Crippen LogP contribution in [0.1, 0.15) is 18.9 Å². The summed E-state index contributed by atoms with van der Waals surface area (Å²) in [4.78, 5) is 30.5. The fraction of sp³-hybridized carbons (Fsp3) is 0.261. The number of carbonyl (C=O) groups is 2. The van der Waals surface area contributed by atoms with E-state index >= 15 is 0 Å². The number of hydrogen-bond donors (Lipinski definition) is 1. The lowest BCUT2D eigenvalue weighted by Crippen LogP contribution is -2.34. The van der Waals surface area contributed by atoms with Crippen molar-refractivity contribution in [3.05, 3.63) is 66.4 Å². The monoisotopic (exact) mass is 391 g/mol. The molecule has 1 aromatic heterocycles. The first-order valence-corrected chi connectivity index (χ1v) is 9.60. The van der Waals surface area contributed by atoms with E-state index in [4.69, 9.17) is 4.74 Å². The van der Waals surface area contributed by atoms with Gasteiger partial charge in [0.1, 0.15) is 5.75 Å². The average molecular weight is 391 g/mol. The lowest BCUT2D eigenvalue weighted by Gasteiger charge is -2.22. The number of methoxy groups -OCH3 is 1. The van der Waals surface area contributed by atoms with Crippen molar-refractivity contribution in [3.63, 3.8) is 0 Å². The van der Waals surface area contributed by atoms with Gasteiger partial charge in [0.25, 0.3) is 0 Å². The summed E-state index contributed by atoms with van der Waals surface area (Å²) in [5.41, 5.74) is 2.52. The molecule has 0 spiro atoms. The number of pyridine rings is 1. The van der Waals surface area contributed by atoms with Crippen molar-refractivity contribution in [1.29, 1.82) is 0 Å². The van der Waals surface area contributed by atoms with Crippen LogP contribution in [0.5, 0.6) is 5.75 Å². The number of nitrogens with zero attached hydrogens (tertiary/aromatic N) is 2. The molecule has 0 bridgehead atoms. The van der Waals surface area contributed by atoms with Gasteiger partial charge in [-0.15, -0.1) is 0 Å². The van der Waals surface area contributed by atoms with Crippen LogP contribution < -0.4 is 15.0 Å². The van der Waals surface area contributed by atoms with Gasteiger partial charge in [-0.25, -0.2) is 0 Å². The predicted octanol–water partition coefficient (Wildman–Crippen LogP) is 3.35. The van der Waals surface area contributed by atoms with Crippen LogP contribution in [0.2, 0.25) is 0 Å². The quantitative estimate of drug-likeness (QED) is 0.639. The van der Waals surface area contributed by atoms with Crippen molar-refractivity contribution in [3.8, 4) is 5.75 Å². The zero-order valence-electron chi connectivity index (χ0n) is 16.7. The summed E-state index contributed by atoms with van der Waals surface area (Å²) < 4.78 is 5.33. The SMILES string of the molecule is COc1ccccc1CCNC(=O)CCN(C(C)=O)c1cccc2cccnc12. The zero-order chi connectivity index (χ0) is 20.6. The van der Waals surface area contributed by atoms with Gasteiger partial charge in [0, 0.05) is 38.0 Å². The molecule has 0 atom stereocenters. The molecule has 0 saturated carbocycles. The number of benzene rings is 2. The van der Waals surface area contributed by atoms with Crippen LogP contribution in [0, 0.1) is 0 Å². The summed E-state index contributed by atoms with van der Waals surface area (Å²) in [6, 6.07) is 17.3. The molecular formula is C23H25N3O3. The Labute approximate surface area is 170 Å². The molecule has 2 aromatic carbocycles. The Bertz CT molecular complexity index is 998. The van der Waals surface area contributed by atoms with Gasteiger partial charge in [-0.2, -0.15) is 0 Å². The molecule has 0 radical (unpaired) electrons. The summed E-state index contributed by atoms with van der Waals surface area (Å²) in [6.45, 7) is 2.31. The van der Waals surface area contributed by atoms with Gasteiger partial charge >= 0.3 is 0 Å². The third kappa shape index (κ3) is 5.10. The Balaban J connectivity index is 1.59. The zero-order valence-corrected chi connectivity index (χ0v) is 16.7. The topological polar surface area (TPSA) is 71.5 Å². The van der Waals surface area contributed by atoms with Crippen molar-refractivity contribution in [2.24, 2.45) is 0 Å². The number of anilines is 1. The van der Waals surface area contributed by atoms with E-state index in [1.54, 1.807) is 18.2 Å². The smallest absolute Gasteiger partial charge is 0.223 e. The summed E-state index contributed by atoms with van der Waals surface area (Å²) in [6.07, 6.45) is 2.60. The van der Waals surface area contributed by atoms with Crippen LogP contribution in [-0.4, -0.2) is 37.0 Å². The Hall–Kier alpha value is -3.41. The lowest BCUT2D eigenvalue weighted by molar-refractivity contribution is -0.121. The number of aromatic nitrogens is 1. The molecule has 0 unspecified atom stereocenters. The highest BCUT2D eigenvalue weighted by Gasteiger charge is 2.16. The molecule has 1 N–H and O–H groups in total. The van der Waals surface area contributed by atoms with Gasteiger partial charge in [0.15, 0.2) is 0 Å². The fourth-order valence-electron chi connectivity index (χ4n) is 3.30. The molecule has 0 saturated heterocycles. The second-order valence-electron chi connectivity index (χ2n) is 6.68. The van der Waals surface area contributed by atoms with Gasteiger partial charge in [-0.05, 0) is 30.2 Å². The van der Waals surface area contributed by atoms with Gasteiger partial charge in [0.05, 0.1) is 18.3 Å². The molecule has 0 aliphatic rings. The number of rotatable bonds is 8. The number of carbonyl (C=O) groups excluding carboxylic acids is 2. The minimum absolute atomic E-state index is 0.0978. The third-order valence-electron chi connectivity index (χ3n) is 4.75. The maximum atomic E-state index is 12.3. The molecule has 0 fully saturated rings. The van der Waals surface area contributed by atoms with Crippen LogP contribution in [0.15, 0.2) is 60.8 Å². The molecule has 1 heterocycles. The Kier molecular flexibility index (Phi) is 6.79. The lowest BCUT2D eigenvalue weighted by atomic mass is 10.1. The van der Waals surface area contributed by atoms with E-state index in [-0.39, 0.29) is 18.2 Å². The maximum absolute atomic E-state index is 12.3. The molecule has 6 heteroatoms. The van der Waals surface area contributed by atoms with E-state index in [1.165, 1.54) is 6.92 Å². The fourth-order valence-corrected chi connectivity index (χ4v) is 3.30. The largest absolute Gasteiger partial charge is 0.496 e. The molecule has 0 aliphatic heterocycles. The summed E-state index contributed by atoms with van der Waals surface area (Å²) in [5, 5.41) is 3.87. The standard InChI is InChI=1S/C23H25N3O3/c1-17(27)26(20-10-5-8-19-9-6-14-25-23(19)20)16-13-22(28)24-15-12-18-7-3-4-11-21(18)29-2/h3-11,14H,12-13,15-16H2,1-2H3,(H,24,28). The highest BCUT2D eigenvalue weighted by Crippen LogP contribution is 2.25. The molecule has 3 aromatic rings. The van der Waals surface area contributed by atoms with E-state index < -0.39 is 0 Å². The van der Waals surface area contributed by atoms with E-state index in [9.17, 15) is 9.59 Å². The summed E-state index contributed by atoms with van der Waals surface area (Å²) >= 11 is 0. The number of amides is 2. The van der Waals surface area contributed by atoms with Crippen LogP contribution in [-0.2, 0) is 16.0 Å². The summed E-state index contributed by atoms with van der Waals surface area (Å²) in [5.74, 6) is 0.595. The van der Waals surface area contributed by atoms with Gasteiger partial charge in [-0.3, -0.25) is 14.6 Å². The normalized spacial score (nSPS) is 10.6. The van der Waals surface area contributed by atoms with Gasteiger partial charge in [-0.1, -0.05) is 36.4 Å². The molecule has 6 nitrogen and oxygen atoms in total. The van der Waals surface area contributed by atoms with E-state index in [0.29, 0.717) is 19.5 Å². The first kappa shape index (κ1) is 20.3. The van der Waals surface area contributed by atoms with Gasteiger partial charge in [0.2, 0.25) is 11.8 Å². The number of para-hydroxylation sites is 2. The highest BCUT2D eigenvalue weighted by atomic mass is 16.5. The minimum Gasteiger partial charge on any atom is -0.496 e. The molecule has 0 aliphatic carbocycles. The number of ether oxygens (including phenoxy) is 1. The second kappa shape index (κ2) is 9.68. The molecule has 150 valence electrons. The first-order valence-electron chi connectivity index (χ1n) is 9.60. The maximum Gasteiger partial charge on any atom is 0.223 e. The molecule has 29 heavy (non-hydrogen) atoms. The van der Waals surface area contributed by atoms with E-state index in [1.807, 2.05) is 54.6 Å². The van der Waals surface area contributed by atoms with Crippen LogP contribution in [0.4, 0.5) is 5.69 Å². The second-order valence-corrected chi connectivity index (χ2v) is 6.68. The molecule has 3 rings (SSSR count).